The van der Waals surface area contributed by atoms with Crippen LogP contribution in [0.5, 0.6) is 0 Å². The number of thioether (sulfide) groups is 1. The molecule has 2 aromatic rings. The molecular weight excluding hydrogens is 298 g/mol. The van der Waals surface area contributed by atoms with Gasteiger partial charge in [0.25, 0.3) is 0 Å². The standard InChI is InChI=1S/C12H15N3O3S2/c1-7(2)4-8-5-9(15-18-8)11-13-14-12(20-11)19-6-10(16)17-3/h5,7H,4,6H2,1-3H3. The van der Waals surface area contributed by atoms with E-state index in [1.807, 2.05) is 6.07 Å². The number of hydrogen-bond donors (Lipinski definition) is 0. The molecule has 6 nitrogen and oxygen atoms in total. The molecule has 0 saturated carbocycles. The van der Waals surface area contributed by atoms with E-state index in [9.17, 15) is 4.79 Å². The summed E-state index contributed by atoms with van der Waals surface area (Å²) in [7, 11) is 1.36. The summed E-state index contributed by atoms with van der Waals surface area (Å²) in [6.45, 7) is 4.24. The smallest absolute Gasteiger partial charge is 0.316 e. The number of rotatable bonds is 6. The molecule has 0 fully saturated rings. The van der Waals surface area contributed by atoms with Gasteiger partial charge in [0.1, 0.15) is 11.5 Å². The SMILES string of the molecule is COC(=O)CSc1nnc(-c2cc(CC(C)C)on2)s1. The van der Waals surface area contributed by atoms with Gasteiger partial charge in [-0.05, 0) is 5.92 Å². The Balaban J connectivity index is 2.01. The molecule has 0 unspecified atom stereocenters. The highest BCUT2D eigenvalue weighted by Gasteiger charge is 2.14. The number of nitrogens with zero attached hydrogens (tertiary/aromatic N) is 3. The highest BCUT2D eigenvalue weighted by molar-refractivity contribution is 8.01. The zero-order valence-corrected chi connectivity index (χ0v) is 13.1. The maximum Gasteiger partial charge on any atom is 0.316 e. The molecule has 0 amide bonds. The van der Waals surface area contributed by atoms with E-state index in [4.69, 9.17) is 4.52 Å². The summed E-state index contributed by atoms with van der Waals surface area (Å²) >= 11 is 2.68. The maximum absolute atomic E-state index is 11.1. The van der Waals surface area contributed by atoms with Crippen molar-refractivity contribution in [2.75, 3.05) is 12.9 Å². The van der Waals surface area contributed by atoms with Gasteiger partial charge in [-0.3, -0.25) is 4.79 Å². The first-order chi connectivity index (χ1) is 9.58. The third-order valence-corrected chi connectivity index (χ3v) is 4.39. The Bertz CT molecular complexity index is 580. The van der Waals surface area contributed by atoms with Gasteiger partial charge in [0.15, 0.2) is 9.35 Å². The number of aromatic nitrogens is 3. The molecule has 2 rings (SSSR count). The molecule has 0 spiro atoms. The zero-order valence-electron chi connectivity index (χ0n) is 11.5. The van der Waals surface area contributed by atoms with Crippen LogP contribution in [0.3, 0.4) is 0 Å². The fraction of sp³-hybridized carbons (Fsp3) is 0.500. The fourth-order valence-electron chi connectivity index (χ4n) is 1.46. The summed E-state index contributed by atoms with van der Waals surface area (Å²) in [5.41, 5.74) is 0.683. The Morgan fingerprint density at radius 1 is 1.50 bits per heavy atom. The number of methoxy groups -OCH3 is 1. The van der Waals surface area contributed by atoms with Gasteiger partial charge >= 0.3 is 5.97 Å². The summed E-state index contributed by atoms with van der Waals surface area (Å²) in [5.74, 6) is 1.29. The van der Waals surface area contributed by atoms with Gasteiger partial charge in [0.05, 0.1) is 12.9 Å². The monoisotopic (exact) mass is 313 g/mol. The van der Waals surface area contributed by atoms with Crippen LogP contribution in [-0.2, 0) is 16.0 Å². The van der Waals surface area contributed by atoms with Crippen molar-refractivity contribution in [1.29, 1.82) is 0 Å². The molecule has 0 bridgehead atoms. The van der Waals surface area contributed by atoms with Gasteiger partial charge in [0.2, 0.25) is 0 Å². The number of hydrogen-bond acceptors (Lipinski definition) is 8. The van der Waals surface area contributed by atoms with Crippen LogP contribution in [0.15, 0.2) is 14.9 Å². The molecule has 0 radical (unpaired) electrons. The number of carbonyl (C=O) groups excluding carboxylic acids is 1. The van der Waals surface area contributed by atoms with E-state index < -0.39 is 0 Å². The van der Waals surface area contributed by atoms with Crippen molar-refractivity contribution in [2.24, 2.45) is 5.92 Å². The minimum absolute atomic E-state index is 0.225. The lowest BCUT2D eigenvalue weighted by Gasteiger charge is -1.96. The maximum atomic E-state index is 11.1. The van der Waals surface area contributed by atoms with Crippen molar-refractivity contribution in [3.8, 4) is 10.7 Å². The fourth-order valence-corrected chi connectivity index (χ4v) is 3.10. The van der Waals surface area contributed by atoms with Crippen LogP contribution < -0.4 is 0 Å². The van der Waals surface area contributed by atoms with Crippen molar-refractivity contribution in [1.82, 2.24) is 15.4 Å². The largest absolute Gasteiger partial charge is 0.468 e. The highest BCUT2D eigenvalue weighted by Crippen LogP contribution is 2.29. The van der Waals surface area contributed by atoms with Gasteiger partial charge < -0.3 is 9.26 Å². The average molecular weight is 313 g/mol. The highest BCUT2D eigenvalue weighted by atomic mass is 32.2. The minimum atomic E-state index is -0.285. The molecule has 0 aliphatic carbocycles. The van der Waals surface area contributed by atoms with Crippen molar-refractivity contribution >= 4 is 29.1 Å². The lowest BCUT2D eigenvalue weighted by molar-refractivity contribution is -0.137. The second-order valence-corrected chi connectivity index (χ2v) is 6.71. The number of carbonyl (C=O) groups is 1. The van der Waals surface area contributed by atoms with E-state index in [1.165, 1.54) is 30.2 Å². The average Bonchev–Trinajstić information content (AvgIpc) is 3.03. The Morgan fingerprint density at radius 2 is 2.30 bits per heavy atom. The van der Waals surface area contributed by atoms with E-state index in [0.29, 0.717) is 21.0 Å². The third kappa shape index (κ3) is 4.04. The van der Waals surface area contributed by atoms with E-state index in [2.05, 4.69) is 33.9 Å². The van der Waals surface area contributed by atoms with Crippen LogP contribution in [0.1, 0.15) is 19.6 Å². The van der Waals surface area contributed by atoms with Gasteiger partial charge in [-0.25, -0.2) is 0 Å². The molecule has 20 heavy (non-hydrogen) atoms. The lowest BCUT2D eigenvalue weighted by Crippen LogP contribution is -2.02. The summed E-state index contributed by atoms with van der Waals surface area (Å²) in [6.07, 6.45) is 0.843. The summed E-state index contributed by atoms with van der Waals surface area (Å²) < 4.78 is 10.5. The number of esters is 1. The van der Waals surface area contributed by atoms with E-state index >= 15 is 0 Å². The first kappa shape index (κ1) is 15.0. The van der Waals surface area contributed by atoms with Crippen LogP contribution >= 0.6 is 23.1 Å². The van der Waals surface area contributed by atoms with Crippen LogP contribution in [0.4, 0.5) is 0 Å². The second-order valence-electron chi connectivity index (χ2n) is 4.51. The molecule has 0 atom stereocenters. The first-order valence-electron chi connectivity index (χ1n) is 6.07. The Morgan fingerprint density at radius 3 is 3.00 bits per heavy atom. The van der Waals surface area contributed by atoms with Gasteiger partial charge in [0, 0.05) is 12.5 Å². The van der Waals surface area contributed by atoms with Crippen molar-refractivity contribution in [3.05, 3.63) is 11.8 Å². The molecular formula is C12H15N3O3S2. The topological polar surface area (TPSA) is 78.1 Å². The van der Waals surface area contributed by atoms with Crippen molar-refractivity contribution in [3.63, 3.8) is 0 Å². The molecule has 8 heteroatoms. The Kier molecular flexibility index (Phi) is 5.13. The van der Waals surface area contributed by atoms with Crippen molar-refractivity contribution in [2.45, 2.75) is 24.6 Å². The number of ether oxygens (including phenoxy) is 1. The quantitative estimate of drug-likeness (QED) is 0.599. The minimum Gasteiger partial charge on any atom is -0.468 e. The molecule has 2 aromatic heterocycles. The second kappa shape index (κ2) is 6.85. The molecule has 0 aliphatic heterocycles. The predicted octanol–water partition coefficient (Wildman–Crippen LogP) is 2.66. The molecule has 108 valence electrons. The molecule has 0 N–H and O–H groups in total. The molecule has 2 heterocycles. The summed E-state index contributed by atoms with van der Waals surface area (Å²) in [6, 6.07) is 1.88. The molecule has 0 saturated heterocycles. The zero-order chi connectivity index (χ0) is 14.5. The lowest BCUT2D eigenvalue weighted by atomic mass is 10.1. The Labute approximate surface area is 124 Å². The summed E-state index contributed by atoms with van der Waals surface area (Å²) in [5, 5.41) is 12.8. The van der Waals surface area contributed by atoms with Gasteiger partial charge in [-0.2, -0.15) is 0 Å². The first-order valence-corrected chi connectivity index (χ1v) is 7.87. The van der Waals surface area contributed by atoms with Crippen LogP contribution in [0.25, 0.3) is 10.7 Å². The van der Waals surface area contributed by atoms with Crippen LogP contribution in [0.2, 0.25) is 0 Å². The normalized spacial score (nSPS) is 11.0. The van der Waals surface area contributed by atoms with Crippen molar-refractivity contribution < 1.29 is 14.1 Å². The van der Waals surface area contributed by atoms with Crippen LogP contribution in [-0.4, -0.2) is 34.2 Å². The predicted molar refractivity (Wildman–Crippen MR) is 76.7 cm³/mol. The third-order valence-electron chi connectivity index (χ3n) is 2.34. The Hall–Kier alpha value is -1.41. The van der Waals surface area contributed by atoms with Crippen LogP contribution in [0, 0.1) is 5.92 Å². The van der Waals surface area contributed by atoms with E-state index in [1.54, 1.807) is 0 Å². The van der Waals surface area contributed by atoms with E-state index in [0.717, 1.165) is 12.2 Å². The van der Waals surface area contributed by atoms with Gasteiger partial charge in [-0.1, -0.05) is 42.1 Å². The molecule has 0 aromatic carbocycles. The van der Waals surface area contributed by atoms with Gasteiger partial charge in [-0.15, -0.1) is 10.2 Å². The van der Waals surface area contributed by atoms with E-state index in [-0.39, 0.29) is 11.7 Å². The summed E-state index contributed by atoms with van der Waals surface area (Å²) in [4.78, 5) is 11.1. The molecule has 0 aliphatic rings.